The SMILES string of the molecule is Cc1ccc(N)cc1C(=O)NC1CCCc2cc(OC(F)F)ccc21. The highest BCUT2D eigenvalue weighted by atomic mass is 19.3. The Morgan fingerprint density at radius 3 is 2.84 bits per heavy atom. The number of halogens is 2. The molecule has 0 spiro atoms. The van der Waals surface area contributed by atoms with Crippen LogP contribution in [0, 0.1) is 6.92 Å². The summed E-state index contributed by atoms with van der Waals surface area (Å²) < 4.78 is 29.2. The van der Waals surface area contributed by atoms with Crippen LogP contribution in [0.15, 0.2) is 36.4 Å². The number of nitrogen functional groups attached to an aromatic ring is 1. The number of alkyl halides is 2. The number of hydrogen-bond acceptors (Lipinski definition) is 3. The minimum Gasteiger partial charge on any atom is -0.435 e. The van der Waals surface area contributed by atoms with E-state index in [0.717, 1.165) is 36.0 Å². The summed E-state index contributed by atoms with van der Waals surface area (Å²) in [6, 6.07) is 9.97. The number of aryl methyl sites for hydroxylation is 2. The maximum absolute atomic E-state index is 12.6. The van der Waals surface area contributed by atoms with Crippen LogP contribution in [-0.4, -0.2) is 12.5 Å². The normalized spacial score (nSPS) is 16.4. The van der Waals surface area contributed by atoms with Crippen LogP contribution in [-0.2, 0) is 6.42 Å². The number of amides is 1. The number of anilines is 1. The Labute approximate surface area is 145 Å². The predicted octanol–water partition coefficient (Wildman–Crippen LogP) is 3.99. The van der Waals surface area contributed by atoms with Crippen molar-refractivity contribution in [2.45, 2.75) is 38.8 Å². The van der Waals surface area contributed by atoms with Gasteiger partial charge in [-0.2, -0.15) is 8.78 Å². The first kappa shape index (κ1) is 17.2. The molecule has 4 nitrogen and oxygen atoms in total. The van der Waals surface area contributed by atoms with E-state index in [1.54, 1.807) is 24.3 Å². The molecule has 132 valence electrons. The molecule has 0 aliphatic heterocycles. The Balaban J connectivity index is 1.81. The first-order chi connectivity index (χ1) is 11.9. The van der Waals surface area contributed by atoms with Crippen molar-refractivity contribution in [3.8, 4) is 5.75 Å². The summed E-state index contributed by atoms with van der Waals surface area (Å²) in [4.78, 5) is 12.6. The van der Waals surface area contributed by atoms with E-state index in [9.17, 15) is 13.6 Å². The second-order valence-corrected chi connectivity index (χ2v) is 6.23. The molecule has 1 aliphatic rings. The van der Waals surface area contributed by atoms with Gasteiger partial charge in [0.2, 0.25) is 0 Å². The molecule has 0 bridgehead atoms. The van der Waals surface area contributed by atoms with Gasteiger partial charge in [-0.1, -0.05) is 12.1 Å². The Hall–Kier alpha value is -2.63. The molecule has 0 heterocycles. The number of hydrogen-bond donors (Lipinski definition) is 2. The van der Waals surface area contributed by atoms with Gasteiger partial charge in [0.25, 0.3) is 5.91 Å². The van der Waals surface area contributed by atoms with E-state index in [0.29, 0.717) is 11.3 Å². The van der Waals surface area contributed by atoms with E-state index in [-0.39, 0.29) is 17.7 Å². The molecule has 0 fully saturated rings. The Morgan fingerprint density at radius 1 is 1.28 bits per heavy atom. The fourth-order valence-corrected chi connectivity index (χ4v) is 3.24. The maximum Gasteiger partial charge on any atom is 0.387 e. The lowest BCUT2D eigenvalue weighted by Gasteiger charge is -2.27. The molecular formula is C19H20F2N2O2. The molecule has 1 atom stereocenters. The third-order valence-corrected chi connectivity index (χ3v) is 4.47. The quantitative estimate of drug-likeness (QED) is 0.823. The summed E-state index contributed by atoms with van der Waals surface area (Å²) in [7, 11) is 0. The van der Waals surface area contributed by atoms with E-state index in [1.807, 2.05) is 13.0 Å². The number of carbonyl (C=O) groups excluding carboxylic acids is 1. The molecule has 1 aliphatic carbocycles. The van der Waals surface area contributed by atoms with Crippen LogP contribution in [0.1, 0.15) is 45.9 Å². The topological polar surface area (TPSA) is 64.4 Å². The van der Waals surface area contributed by atoms with Gasteiger partial charge in [-0.25, -0.2) is 0 Å². The van der Waals surface area contributed by atoms with Crippen molar-refractivity contribution in [3.63, 3.8) is 0 Å². The average molecular weight is 346 g/mol. The van der Waals surface area contributed by atoms with Gasteiger partial charge in [-0.15, -0.1) is 0 Å². The smallest absolute Gasteiger partial charge is 0.387 e. The standard InChI is InChI=1S/C19H20F2N2O2/c1-11-5-6-13(22)10-16(11)18(24)23-17-4-2-3-12-9-14(25-19(20)21)7-8-15(12)17/h5-10,17,19H,2-4,22H2,1H3,(H,23,24). The van der Waals surface area contributed by atoms with Crippen LogP contribution >= 0.6 is 0 Å². The highest BCUT2D eigenvalue weighted by Crippen LogP contribution is 2.33. The van der Waals surface area contributed by atoms with Crippen molar-refractivity contribution in [3.05, 3.63) is 58.7 Å². The summed E-state index contributed by atoms with van der Waals surface area (Å²) in [5, 5.41) is 3.04. The van der Waals surface area contributed by atoms with Crippen molar-refractivity contribution >= 4 is 11.6 Å². The minimum absolute atomic E-state index is 0.146. The number of carbonyl (C=O) groups is 1. The second kappa shape index (κ2) is 7.09. The van der Waals surface area contributed by atoms with Crippen LogP contribution in [0.4, 0.5) is 14.5 Å². The number of ether oxygens (including phenoxy) is 1. The van der Waals surface area contributed by atoms with E-state index in [4.69, 9.17) is 5.73 Å². The molecule has 3 rings (SSSR count). The van der Waals surface area contributed by atoms with Crippen LogP contribution in [0.2, 0.25) is 0 Å². The fraction of sp³-hybridized carbons (Fsp3) is 0.316. The van der Waals surface area contributed by atoms with Crippen molar-refractivity contribution in [2.24, 2.45) is 0 Å². The Kier molecular flexibility index (Phi) is 4.88. The molecule has 3 N–H and O–H groups in total. The zero-order valence-electron chi connectivity index (χ0n) is 13.9. The van der Waals surface area contributed by atoms with Crippen molar-refractivity contribution in [2.75, 3.05) is 5.73 Å². The number of rotatable bonds is 4. The molecule has 0 radical (unpaired) electrons. The van der Waals surface area contributed by atoms with Crippen LogP contribution < -0.4 is 15.8 Å². The highest BCUT2D eigenvalue weighted by molar-refractivity contribution is 5.96. The second-order valence-electron chi connectivity index (χ2n) is 6.23. The summed E-state index contributed by atoms with van der Waals surface area (Å²) in [5.74, 6) is -0.0389. The third-order valence-electron chi connectivity index (χ3n) is 4.47. The first-order valence-corrected chi connectivity index (χ1v) is 8.18. The van der Waals surface area contributed by atoms with Gasteiger partial charge in [0.05, 0.1) is 6.04 Å². The molecular weight excluding hydrogens is 326 g/mol. The summed E-state index contributed by atoms with van der Waals surface area (Å²) in [6.07, 6.45) is 2.45. The molecule has 2 aromatic rings. The third kappa shape index (κ3) is 3.90. The largest absolute Gasteiger partial charge is 0.435 e. The van der Waals surface area contributed by atoms with Gasteiger partial charge >= 0.3 is 6.61 Å². The minimum atomic E-state index is -2.84. The van der Waals surface area contributed by atoms with Gasteiger partial charge in [-0.05, 0) is 67.1 Å². The molecule has 1 amide bonds. The Morgan fingerprint density at radius 2 is 2.08 bits per heavy atom. The number of fused-ring (bicyclic) bond motifs is 1. The average Bonchev–Trinajstić information content (AvgIpc) is 2.56. The molecule has 2 aromatic carbocycles. The van der Waals surface area contributed by atoms with Crippen LogP contribution in [0.25, 0.3) is 0 Å². The fourth-order valence-electron chi connectivity index (χ4n) is 3.24. The lowest BCUT2D eigenvalue weighted by atomic mass is 9.87. The van der Waals surface area contributed by atoms with Gasteiger partial charge in [0.1, 0.15) is 5.75 Å². The van der Waals surface area contributed by atoms with Gasteiger partial charge < -0.3 is 15.8 Å². The van der Waals surface area contributed by atoms with E-state index in [1.165, 1.54) is 6.07 Å². The molecule has 0 aromatic heterocycles. The zero-order chi connectivity index (χ0) is 18.0. The van der Waals surface area contributed by atoms with Crippen molar-refractivity contribution < 1.29 is 18.3 Å². The molecule has 1 unspecified atom stereocenters. The molecule has 0 saturated carbocycles. The predicted molar refractivity (Wildman–Crippen MR) is 91.8 cm³/mol. The Bertz CT molecular complexity index is 793. The van der Waals surface area contributed by atoms with Crippen molar-refractivity contribution in [1.82, 2.24) is 5.32 Å². The zero-order valence-corrected chi connectivity index (χ0v) is 13.9. The molecule has 25 heavy (non-hydrogen) atoms. The van der Waals surface area contributed by atoms with E-state index < -0.39 is 6.61 Å². The number of benzene rings is 2. The monoisotopic (exact) mass is 346 g/mol. The lowest BCUT2D eigenvalue weighted by Crippen LogP contribution is -2.31. The van der Waals surface area contributed by atoms with Crippen molar-refractivity contribution in [1.29, 1.82) is 0 Å². The maximum atomic E-state index is 12.6. The van der Waals surface area contributed by atoms with Crippen LogP contribution in [0.5, 0.6) is 5.75 Å². The van der Waals surface area contributed by atoms with Crippen LogP contribution in [0.3, 0.4) is 0 Å². The van der Waals surface area contributed by atoms with Gasteiger partial charge in [0, 0.05) is 11.3 Å². The first-order valence-electron chi connectivity index (χ1n) is 8.18. The summed E-state index contributed by atoms with van der Waals surface area (Å²) in [5.41, 5.74) is 9.59. The molecule has 0 saturated heterocycles. The lowest BCUT2D eigenvalue weighted by molar-refractivity contribution is -0.0499. The summed E-state index contributed by atoms with van der Waals surface area (Å²) >= 11 is 0. The highest BCUT2D eigenvalue weighted by Gasteiger charge is 2.23. The van der Waals surface area contributed by atoms with Gasteiger partial charge in [-0.3, -0.25) is 4.79 Å². The number of nitrogens with two attached hydrogens (primary N) is 1. The summed E-state index contributed by atoms with van der Waals surface area (Å²) in [6.45, 7) is -0.986. The van der Waals surface area contributed by atoms with Gasteiger partial charge in [0.15, 0.2) is 0 Å². The van der Waals surface area contributed by atoms with E-state index >= 15 is 0 Å². The van der Waals surface area contributed by atoms with E-state index in [2.05, 4.69) is 10.1 Å². The number of nitrogens with one attached hydrogen (secondary N) is 1. The molecule has 6 heteroatoms.